The van der Waals surface area contributed by atoms with Gasteiger partial charge in [-0.15, -0.1) is 0 Å². The van der Waals surface area contributed by atoms with Crippen LogP contribution < -0.4 is 5.32 Å². The van der Waals surface area contributed by atoms with Crippen LogP contribution in [0.1, 0.15) is 30.4 Å². The molecule has 0 unspecified atom stereocenters. The van der Waals surface area contributed by atoms with Gasteiger partial charge in [0.15, 0.2) is 0 Å². The van der Waals surface area contributed by atoms with Crippen molar-refractivity contribution in [3.63, 3.8) is 0 Å². The number of hydrogen-bond donors (Lipinski definition) is 1. The van der Waals surface area contributed by atoms with E-state index in [9.17, 15) is 9.18 Å². The summed E-state index contributed by atoms with van der Waals surface area (Å²) >= 11 is 0. The van der Waals surface area contributed by atoms with Gasteiger partial charge in [-0.25, -0.2) is 4.39 Å². The molecule has 4 rings (SSSR count). The molecule has 2 aliphatic heterocycles. The molecule has 2 aliphatic rings. The molecule has 2 aromatic rings. The van der Waals surface area contributed by atoms with E-state index in [4.69, 9.17) is 9.47 Å². The molecule has 0 aromatic heterocycles. The molecule has 0 radical (unpaired) electrons. The van der Waals surface area contributed by atoms with Crippen LogP contribution in [0.2, 0.25) is 0 Å². The van der Waals surface area contributed by atoms with Gasteiger partial charge in [-0.05, 0) is 43.9 Å². The number of halogens is 1. The number of nitrogens with zero attached hydrogens (tertiary/aromatic N) is 1. The van der Waals surface area contributed by atoms with Gasteiger partial charge in [0.25, 0.3) is 0 Å². The maximum atomic E-state index is 13.7. The third-order valence-corrected chi connectivity index (χ3v) is 6.20. The molecule has 2 fully saturated rings. The van der Waals surface area contributed by atoms with Gasteiger partial charge in [-0.2, -0.15) is 0 Å². The highest BCUT2D eigenvalue weighted by Gasteiger charge is 2.47. The standard InChI is InChI=1S/C24H29FN2O3/c1-18-20(25)9-5-10-21(18)26-23(28)16-27-13-12-24(11-6-14-30-24)22(15-27)29-17-19-7-3-2-4-8-19/h2-5,7-10,22H,6,11-17H2,1H3,(H,26,28)/t22-,24-/m1/s1. The summed E-state index contributed by atoms with van der Waals surface area (Å²) in [5.74, 6) is -0.464. The van der Waals surface area contributed by atoms with Gasteiger partial charge in [0.1, 0.15) is 5.82 Å². The summed E-state index contributed by atoms with van der Waals surface area (Å²) in [6.45, 7) is 4.63. The number of likely N-dealkylation sites (tertiary alicyclic amines) is 1. The molecule has 2 aromatic carbocycles. The van der Waals surface area contributed by atoms with E-state index < -0.39 is 0 Å². The van der Waals surface area contributed by atoms with Crippen molar-refractivity contribution in [3.8, 4) is 0 Å². The number of ether oxygens (including phenoxy) is 2. The minimum atomic E-state index is -0.319. The predicted octanol–water partition coefficient (Wildman–Crippen LogP) is 3.91. The Bertz CT molecular complexity index is 868. The average Bonchev–Trinajstić information content (AvgIpc) is 3.22. The van der Waals surface area contributed by atoms with Crippen LogP contribution in [0.5, 0.6) is 0 Å². The van der Waals surface area contributed by atoms with Crippen LogP contribution in [0, 0.1) is 12.7 Å². The summed E-state index contributed by atoms with van der Waals surface area (Å²) < 4.78 is 26.2. The molecular formula is C24H29FN2O3. The van der Waals surface area contributed by atoms with Gasteiger partial charge in [-0.3, -0.25) is 9.69 Å². The molecular weight excluding hydrogens is 383 g/mol. The third-order valence-electron chi connectivity index (χ3n) is 6.20. The number of carbonyl (C=O) groups excluding carboxylic acids is 1. The Labute approximate surface area is 177 Å². The Kier molecular flexibility index (Phi) is 6.46. The summed E-state index contributed by atoms with van der Waals surface area (Å²) in [5.41, 5.74) is 1.85. The van der Waals surface area contributed by atoms with E-state index in [-0.39, 0.29) is 30.0 Å². The topological polar surface area (TPSA) is 50.8 Å². The van der Waals surface area contributed by atoms with Gasteiger partial charge in [0.2, 0.25) is 5.91 Å². The molecule has 6 heteroatoms. The molecule has 2 atom stereocenters. The second kappa shape index (κ2) is 9.25. The summed E-state index contributed by atoms with van der Waals surface area (Å²) in [4.78, 5) is 14.7. The lowest BCUT2D eigenvalue weighted by Crippen LogP contribution is -2.57. The number of carbonyl (C=O) groups is 1. The quantitative estimate of drug-likeness (QED) is 0.782. The van der Waals surface area contributed by atoms with Crippen LogP contribution >= 0.6 is 0 Å². The van der Waals surface area contributed by atoms with Crippen LogP contribution in [0.4, 0.5) is 10.1 Å². The zero-order valence-electron chi connectivity index (χ0n) is 17.4. The fraction of sp³-hybridized carbons (Fsp3) is 0.458. The first-order valence-electron chi connectivity index (χ1n) is 10.6. The highest BCUT2D eigenvalue weighted by atomic mass is 19.1. The number of anilines is 1. The van der Waals surface area contributed by atoms with E-state index in [1.165, 1.54) is 6.07 Å². The van der Waals surface area contributed by atoms with Gasteiger partial charge >= 0.3 is 0 Å². The molecule has 30 heavy (non-hydrogen) atoms. The number of rotatable bonds is 6. The summed E-state index contributed by atoms with van der Waals surface area (Å²) in [6.07, 6.45) is 2.80. The zero-order valence-corrected chi connectivity index (χ0v) is 17.4. The van der Waals surface area contributed by atoms with Crippen molar-refractivity contribution in [1.82, 2.24) is 4.90 Å². The molecule has 1 N–H and O–H groups in total. The predicted molar refractivity (Wildman–Crippen MR) is 114 cm³/mol. The normalized spacial score (nSPS) is 24.3. The maximum Gasteiger partial charge on any atom is 0.238 e. The van der Waals surface area contributed by atoms with Crippen molar-refractivity contribution in [2.24, 2.45) is 0 Å². The number of piperidine rings is 1. The Balaban J connectivity index is 1.38. The molecule has 160 valence electrons. The van der Waals surface area contributed by atoms with E-state index in [2.05, 4.69) is 22.3 Å². The van der Waals surface area contributed by atoms with Gasteiger partial charge in [-0.1, -0.05) is 36.4 Å². The molecule has 5 nitrogen and oxygen atoms in total. The van der Waals surface area contributed by atoms with Crippen molar-refractivity contribution < 1.29 is 18.7 Å². The molecule has 1 spiro atoms. The highest BCUT2D eigenvalue weighted by Crippen LogP contribution is 2.38. The summed E-state index contributed by atoms with van der Waals surface area (Å²) in [7, 11) is 0. The van der Waals surface area contributed by atoms with Crippen molar-refractivity contribution >= 4 is 11.6 Å². The van der Waals surface area contributed by atoms with E-state index in [1.807, 2.05) is 18.2 Å². The van der Waals surface area contributed by atoms with Crippen LogP contribution in [-0.2, 0) is 20.9 Å². The average molecular weight is 413 g/mol. The van der Waals surface area contributed by atoms with Gasteiger partial charge in [0, 0.05) is 30.9 Å². The van der Waals surface area contributed by atoms with Crippen LogP contribution in [0.25, 0.3) is 0 Å². The molecule has 0 saturated carbocycles. The number of amides is 1. The SMILES string of the molecule is Cc1c(F)cccc1NC(=O)CN1CC[C@]2(CCCO2)[C@H](OCc2ccccc2)C1. The minimum Gasteiger partial charge on any atom is -0.372 e. The van der Waals surface area contributed by atoms with E-state index in [1.54, 1.807) is 19.1 Å². The molecule has 0 aliphatic carbocycles. The molecule has 0 bridgehead atoms. The number of hydrogen-bond acceptors (Lipinski definition) is 4. The zero-order chi connectivity index (χ0) is 21.0. The van der Waals surface area contributed by atoms with E-state index >= 15 is 0 Å². The largest absolute Gasteiger partial charge is 0.372 e. The van der Waals surface area contributed by atoms with E-state index in [0.717, 1.165) is 38.0 Å². The van der Waals surface area contributed by atoms with Crippen LogP contribution in [0.15, 0.2) is 48.5 Å². The van der Waals surface area contributed by atoms with Gasteiger partial charge in [0.05, 0.1) is 24.9 Å². The Morgan fingerprint density at radius 2 is 2.07 bits per heavy atom. The highest BCUT2D eigenvalue weighted by molar-refractivity contribution is 5.93. The fourth-order valence-electron chi connectivity index (χ4n) is 4.43. The lowest BCUT2D eigenvalue weighted by atomic mass is 9.85. The maximum absolute atomic E-state index is 13.7. The van der Waals surface area contributed by atoms with Crippen molar-refractivity contribution in [1.29, 1.82) is 0 Å². The summed E-state index contributed by atoms with van der Waals surface area (Å²) in [5, 5.41) is 2.84. The molecule has 2 heterocycles. The molecule has 2 saturated heterocycles. The number of nitrogens with one attached hydrogen (secondary N) is 1. The van der Waals surface area contributed by atoms with Crippen molar-refractivity contribution in [3.05, 3.63) is 65.5 Å². The third kappa shape index (κ3) is 4.72. The Morgan fingerprint density at radius 3 is 2.83 bits per heavy atom. The monoisotopic (exact) mass is 412 g/mol. The molecule has 1 amide bonds. The van der Waals surface area contributed by atoms with E-state index in [0.29, 0.717) is 24.4 Å². The van der Waals surface area contributed by atoms with Crippen LogP contribution in [-0.4, -0.2) is 48.8 Å². The lowest BCUT2D eigenvalue weighted by molar-refractivity contribution is -0.159. The smallest absolute Gasteiger partial charge is 0.238 e. The Morgan fingerprint density at radius 1 is 1.23 bits per heavy atom. The first kappa shape index (κ1) is 21.0. The first-order valence-corrected chi connectivity index (χ1v) is 10.6. The second-order valence-electron chi connectivity index (χ2n) is 8.25. The minimum absolute atomic E-state index is 0.0855. The van der Waals surface area contributed by atoms with Gasteiger partial charge < -0.3 is 14.8 Å². The number of benzene rings is 2. The fourth-order valence-corrected chi connectivity index (χ4v) is 4.43. The first-order chi connectivity index (χ1) is 14.6. The van der Waals surface area contributed by atoms with Crippen LogP contribution in [0.3, 0.4) is 0 Å². The lowest BCUT2D eigenvalue weighted by Gasteiger charge is -2.44. The summed E-state index contributed by atoms with van der Waals surface area (Å²) in [6, 6.07) is 14.8. The van der Waals surface area contributed by atoms with Crippen molar-refractivity contribution in [2.75, 3.05) is 31.6 Å². The second-order valence-corrected chi connectivity index (χ2v) is 8.25. The van der Waals surface area contributed by atoms with Crippen molar-refractivity contribution in [2.45, 2.75) is 44.5 Å². The Hall–Kier alpha value is -2.28.